The number of rotatable bonds is 1. The molecule has 1 radical (unpaired) electrons. The summed E-state index contributed by atoms with van der Waals surface area (Å²) in [7, 11) is 0. The molecule has 0 unspecified atom stereocenters. The molecule has 0 amide bonds. The third-order valence-electron chi connectivity index (χ3n) is 1.17. The van der Waals surface area contributed by atoms with E-state index in [0.29, 0.717) is 5.01 Å². The smallest absolute Gasteiger partial charge is 0.170 e. The number of aryl methyl sites for hydroxylation is 2. The first-order valence-electron chi connectivity index (χ1n) is 2.78. The molecule has 0 atom stereocenters. The van der Waals surface area contributed by atoms with Crippen LogP contribution >= 0.6 is 11.3 Å². The summed E-state index contributed by atoms with van der Waals surface area (Å²) in [5, 5.41) is 11.5. The molecular formula is C6H7N2OS. The molecule has 0 aliphatic heterocycles. The second-order valence-electron chi connectivity index (χ2n) is 1.87. The van der Waals surface area contributed by atoms with Crippen LogP contribution in [0.25, 0.3) is 0 Å². The first-order chi connectivity index (χ1) is 4.74. The lowest BCUT2D eigenvalue weighted by atomic mass is 10.4. The Balaban J connectivity index is 2.98. The molecule has 3 nitrogen and oxygen atoms in total. The van der Waals surface area contributed by atoms with Crippen LogP contribution in [-0.2, 0) is 0 Å². The standard InChI is InChI=1S/C6H7N2OS/c1-4-5(2)10-6(8-4)3-7-9/h9H,1-2H3. The molecule has 0 bridgehead atoms. The van der Waals surface area contributed by atoms with Gasteiger partial charge in [0.25, 0.3) is 0 Å². The van der Waals surface area contributed by atoms with Crippen LogP contribution in [0.5, 0.6) is 0 Å². The lowest BCUT2D eigenvalue weighted by molar-refractivity contribution is 0.322. The first kappa shape index (κ1) is 7.21. The third kappa shape index (κ3) is 1.33. The zero-order valence-electron chi connectivity index (χ0n) is 5.75. The van der Waals surface area contributed by atoms with Gasteiger partial charge in [-0.2, -0.15) is 0 Å². The molecule has 10 heavy (non-hydrogen) atoms. The Bertz CT molecular complexity index is 235. The largest absolute Gasteiger partial charge is 0.410 e. The van der Waals surface area contributed by atoms with Gasteiger partial charge in [-0.15, -0.1) is 11.3 Å². The maximum Gasteiger partial charge on any atom is 0.170 e. The second kappa shape index (κ2) is 2.79. The fraction of sp³-hybridized carbons (Fsp3) is 0.333. The molecule has 0 aromatic carbocycles. The van der Waals surface area contributed by atoms with Gasteiger partial charge < -0.3 is 5.21 Å². The van der Waals surface area contributed by atoms with E-state index < -0.39 is 0 Å². The first-order valence-corrected chi connectivity index (χ1v) is 3.60. The lowest BCUT2D eigenvalue weighted by Crippen LogP contribution is -1.78. The summed E-state index contributed by atoms with van der Waals surface area (Å²) in [6, 6.07) is 0. The monoisotopic (exact) mass is 155 g/mol. The molecule has 0 aliphatic rings. The minimum absolute atomic E-state index is 0.623. The summed E-state index contributed by atoms with van der Waals surface area (Å²) in [5.41, 5.74) is 0.969. The average molecular weight is 155 g/mol. The Kier molecular flexibility index (Phi) is 2.01. The van der Waals surface area contributed by atoms with Crippen LogP contribution in [0.1, 0.15) is 15.6 Å². The number of nitrogens with zero attached hydrogens (tertiary/aromatic N) is 2. The van der Waals surface area contributed by atoms with Crippen molar-refractivity contribution >= 4 is 17.6 Å². The van der Waals surface area contributed by atoms with E-state index in [-0.39, 0.29) is 0 Å². The molecule has 0 saturated carbocycles. The van der Waals surface area contributed by atoms with E-state index in [9.17, 15) is 0 Å². The normalized spacial score (nSPS) is 11.0. The van der Waals surface area contributed by atoms with Crippen LogP contribution in [0.3, 0.4) is 0 Å². The molecule has 1 N–H and O–H groups in total. The Hall–Kier alpha value is -0.900. The fourth-order valence-electron chi connectivity index (χ4n) is 0.563. The Morgan fingerprint density at radius 1 is 1.60 bits per heavy atom. The summed E-state index contributed by atoms with van der Waals surface area (Å²) < 4.78 is 0. The van der Waals surface area contributed by atoms with Gasteiger partial charge in [-0.3, -0.25) is 0 Å². The highest BCUT2D eigenvalue weighted by molar-refractivity contribution is 7.13. The Morgan fingerprint density at radius 3 is 2.70 bits per heavy atom. The maximum absolute atomic E-state index is 8.10. The minimum Gasteiger partial charge on any atom is -0.410 e. The van der Waals surface area contributed by atoms with E-state index in [1.165, 1.54) is 11.3 Å². The highest BCUT2D eigenvalue weighted by Gasteiger charge is 2.00. The summed E-state index contributed by atoms with van der Waals surface area (Å²) >= 11 is 1.46. The van der Waals surface area contributed by atoms with Crippen molar-refractivity contribution in [1.82, 2.24) is 4.98 Å². The molecule has 53 valence electrons. The van der Waals surface area contributed by atoms with Crippen molar-refractivity contribution in [2.24, 2.45) is 5.16 Å². The molecule has 0 spiro atoms. The zero-order chi connectivity index (χ0) is 7.56. The van der Waals surface area contributed by atoms with Crippen molar-refractivity contribution in [3.63, 3.8) is 0 Å². The predicted octanol–water partition coefficient (Wildman–Crippen LogP) is 1.45. The number of hydrogen-bond donors (Lipinski definition) is 1. The van der Waals surface area contributed by atoms with Crippen LogP contribution in [-0.4, -0.2) is 16.4 Å². The Morgan fingerprint density at radius 2 is 2.30 bits per heavy atom. The van der Waals surface area contributed by atoms with Crippen LogP contribution in [0.15, 0.2) is 5.16 Å². The van der Waals surface area contributed by atoms with E-state index in [1.807, 2.05) is 13.8 Å². The lowest BCUT2D eigenvalue weighted by Gasteiger charge is -1.77. The summed E-state index contributed by atoms with van der Waals surface area (Å²) in [4.78, 5) is 5.18. The van der Waals surface area contributed by atoms with Gasteiger partial charge in [-0.25, -0.2) is 4.98 Å². The molecule has 0 fully saturated rings. The quantitative estimate of drug-likeness (QED) is 0.379. The third-order valence-corrected chi connectivity index (χ3v) is 2.15. The maximum atomic E-state index is 8.10. The molecular weight excluding hydrogens is 148 g/mol. The zero-order valence-corrected chi connectivity index (χ0v) is 6.57. The van der Waals surface area contributed by atoms with Crippen LogP contribution in [0.2, 0.25) is 0 Å². The van der Waals surface area contributed by atoms with E-state index in [0.717, 1.165) is 10.6 Å². The van der Waals surface area contributed by atoms with E-state index in [4.69, 9.17) is 5.21 Å². The fourth-order valence-corrected chi connectivity index (χ4v) is 1.32. The van der Waals surface area contributed by atoms with Gasteiger partial charge in [0, 0.05) is 4.88 Å². The SMILES string of the molecule is Cc1nc(/[C]=N/O)sc1C. The summed E-state index contributed by atoms with van der Waals surface area (Å²) in [6.45, 7) is 3.88. The second-order valence-corrected chi connectivity index (χ2v) is 3.08. The van der Waals surface area contributed by atoms with Crippen molar-refractivity contribution in [2.45, 2.75) is 13.8 Å². The number of thiazole rings is 1. The average Bonchev–Trinajstić information content (AvgIpc) is 2.14. The van der Waals surface area contributed by atoms with Crippen molar-refractivity contribution < 1.29 is 5.21 Å². The van der Waals surface area contributed by atoms with Gasteiger partial charge in [-0.1, -0.05) is 5.16 Å². The number of aromatic nitrogens is 1. The van der Waals surface area contributed by atoms with Crippen molar-refractivity contribution in [3.8, 4) is 0 Å². The van der Waals surface area contributed by atoms with Crippen molar-refractivity contribution in [1.29, 1.82) is 0 Å². The predicted molar refractivity (Wildman–Crippen MR) is 39.9 cm³/mol. The minimum atomic E-state index is 0.623. The Labute approximate surface area is 63.0 Å². The van der Waals surface area contributed by atoms with Gasteiger partial charge in [0.1, 0.15) is 5.01 Å². The van der Waals surface area contributed by atoms with Gasteiger partial charge in [-0.05, 0) is 13.8 Å². The molecule has 0 aliphatic carbocycles. The molecule has 1 aromatic rings. The van der Waals surface area contributed by atoms with E-state index in [1.54, 1.807) is 0 Å². The molecule has 1 aromatic heterocycles. The van der Waals surface area contributed by atoms with Crippen molar-refractivity contribution in [3.05, 3.63) is 15.6 Å². The van der Waals surface area contributed by atoms with Crippen LogP contribution in [0.4, 0.5) is 0 Å². The van der Waals surface area contributed by atoms with Crippen LogP contribution < -0.4 is 0 Å². The molecule has 1 rings (SSSR count). The number of hydrogen-bond acceptors (Lipinski definition) is 4. The summed E-state index contributed by atoms with van der Waals surface area (Å²) in [6.07, 6.45) is 2.36. The molecule has 4 heteroatoms. The van der Waals surface area contributed by atoms with E-state index in [2.05, 4.69) is 16.4 Å². The van der Waals surface area contributed by atoms with E-state index >= 15 is 0 Å². The van der Waals surface area contributed by atoms with Crippen LogP contribution in [0, 0.1) is 13.8 Å². The highest BCUT2D eigenvalue weighted by atomic mass is 32.1. The van der Waals surface area contributed by atoms with Gasteiger partial charge in [0.05, 0.1) is 5.69 Å². The van der Waals surface area contributed by atoms with Gasteiger partial charge >= 0.3 is 0 Å². The van der Waals surface area contributed by atoms with Crippen molar-refractivity contribution in [2.75, 3.05) is 0 Å². The molecule has 1 heterocycles. The highest BCUT2D eigenvalue weighted by Crippen LogP contribution is 2.13. The topological polar surface area (TPSA) is 45.5 Å². The summed E-state index contributed by atoms with van der Waals surface area (Å²) in [5.74, 6) is 0. The molecule has 0 saturated heterocycles. The van der Waals surface area contributed by atoms with Gasteiger partial charge in [0.2, 0.25) is 0 Å². The van der Waals surface area contributed by atoms with Gasteiger partial charge in [0.15, 0.2) is 6.21 Å².